The molecule has 2 rings (SSSR count). The minimum atomic E-state index is 0.265. The van der Waals surface area contributed by atoms with Gasteiger partial charge in [-0.15, -0.1) is 0 Å². The summed E-state index contributed by atoms with van der Waals surface area (Å²) in [6.07, 6.45) is 0. The van der Waals surface area contributed by atoms with Gasteiger partial charge in [0.05, 0.1) is 0 Å². The fourth-order valence-corrected chi connectivity index (χ4v) is 2.59. The summed E-state index contributed by atoms with van der Waals surface area (Å²) in [4.78, 5) is 2.35. The highest BCUT2D eigenvalue weighted by molar-refractivity contribution is 5.22. The zero-order valence-electron chi connectivity index (χ0n) is 9.55. The zero-order chi connectivity index (χ0) is 11.4. The lowest BCUT2D eigenvalue weighted by molar-refractivity contribution is 0.216. The van der Waals surface area contributed by atoms with Crippen LogP contribution in [0.1, 0.15) is 11.5 Å². The first kappa shape index (κ1) is 11.6. The third kappa shape index (κ3) is 2.43. The Bertz CT molecular complexity index is 315. The van der Waals surface area contributed by atoms with E-state index >= 15 is 0 Å². The van der Waals surface area contributed by atoms with Crippen molar-refractivity contribution in [3.63, 3.8) is 0 Å². The standard InChI is InChI=1S/C13H20N2O/c14-6-7-15-8-12(10-16)13(9-15)11-4-2-1-3-5-11/h1-5,12-13,16H,6-10,14H2/t12-,13+/m1/s1. The van der Waals surface area contributed by atoms with Gasteiger partial charge in [-0.2, -0.15) is 0 Å². The van der Waals surface area contributed by atoms with E-state index in [1.54, 1.807) is 0 Å². The second-order valence-corrected chi connectivity index (χ2v) is 4.51. The minimum Gasteiger partial charge on any atom is -0.396 e. The molecule has 0 amide bonds. The SMILES string of the molecule is NCCN1C[C@H](CO)[C@H](c2ccccc2)C1. The number of benzene rings is 1. The van der Waals surface area contributed by atoms with Crippen LogP contribution in [0.15, 0.2) is 30.3 Å². The molecule has 3 N–H and O–H groups in total. The van der Waals surface area contributed by atoms with E-state index in [4.69, 9.17) is 5.73 Å². The molecule has 1 aromatic carbocycles. The maximum absolute atomic E-state index is 9.43. The van der Waals surface area contributed by atoms with Crippen molar-refractivity contribution in [3.05, 3.63) is 35.9 Å². The molecule has 0 bridgehead atoms. The van der Waals surface area contributed by atoms with Crippen LogP contribution in [0.4, 0.5) is 0 Å². The summed E-state index contributed by atoms with van der Waals surface area (Å²) in [5.74, 6) is 0.812. The number of aliphatic hydroxyl groups excluding tert-OH is 1. The van der Waals surface area contributed by atoms with Crippen molar-refractivity contribution in [3.8, 4) is 0 Å². The first-order chi connectivity index (χ1) is 7.85. The Balaban J connectivity index is 2.09. The van der Waals surface area contributed by atoms with E-state index in [2.05, 4.69) is 29.2 Å². The van der Waals surface area contributed by atoms with Gasteiger partial charge in [0.2, 0.25) is 0 Å². The number of hydrogen-bond donors (Lipinski definition) is 2. The van der Waals surface area contributed by atoms with Gasteiger partial charge in [0.1, 0.15) is 0 Å². The lowest BCUT2D eigenvalue weighted by atomic mass is 9.90. The van der Waals surface area contributed by atoms with Gasteiger partial charge in [0.25, 0.3) is 0 Å². The van der Waals surface area contributed by atoms with E-state index < -0.39 is 0 Å². The van der Waals surface area contributed by atoms with Crippen LogP contribution in [0.3, 0.4) is 0 Å². The van der Waals surface area contributed by atoms with Crippen LogP contribution in [0.25, 0.3) is 0 Å². The normalized spacial score (nSPS) is 26.1. The molecule has 0 aliphatic carbocycles. The summed E-state index contributed by atoms with van der Waals surface area (Å²) < 4.78 is 0. The highest BCUT2D eigenvalue weighted by Crippen LogP contribution is 2.31. The highest BCUT2D eigenvalue weighted by atomic mass is 16.3. The Labute approximate surface area is 96.9 Å². The monoisotopic (exact) mass is 220 g/mol. The second kappa shape index (κ2) is 5.43. The Morgan fingerprint density at radius 3 is 2.62 bits per heavy atom. The molecule has 2 atom stereocenters. The number of nitrogens with two attached hydrogens (primary N) is 1. The van der Waals surface area contributed by atoms with Crippen LogP contribution in [0.2, 0.25) is 0 Å². The molecule has 0 radical (unpaired) electrons. The molecule has 0 saturated carbocycles. The van der Waals surface area contributed by atoms with E-state index in [-0.39, 0.29) is 6.61 Å². The molecule has 1 fully saturated rings. The topological polar surface area (TPSA) is 49.5 Å². The smallest absolute Gasteiger partial charge is 0.0477 e. The van der Waals surface area contributed by atoms with Crippen molar-refractivity contribution in [2.24, 2.45) is 11.7 Å². The predicted molar refractivity (Wildman–Crippen MR) is 65.3 cm³/mol. The van der Waals surface area contributed by atoms with Gasteiger partial charge < -0.3 is 15.7 Å². The Morgan fingerprint density at radius 1 is 1.25 bits per heavy atom. The second-order valence-electron chi connectivity index (χ2n) is 4.51. The summed E-state index contributed by atoms with van der Waals surface area (Å²) in [5, 5.41) is 9.43. The number of nitrogens with zero attached hydrogens (tertiary/aromatic N) is 1. The number of likely N-dealkylation sites (tertiary alicyclic amines) is 1. The van der Waals surface area contributed by atoms with Crippen LogP contribution in [0, 0.1) is 5.92 Å². The van der Waals surface area contributed by atoms with Crippen molar-refractivity contribution >= 4 is 0 Å². The van der Waals surface area contributed by atoms with Gasteiger partial charge >= 0.3 is 0 Å². The van der Waals surface area contributed by atoms with Gasteiger partial charge in [0, 0.05) is 44.6 Å². The van der Waals surface area contributed by atoms with Crippen molar-refractivity contribution in [2.75, 3.05) is 32.8 Å². The summed E-state index contributed by atoms with van der Waals surface area (Å²) in [6.45, 7) is 3.87. The van der Waals surface area contributed by atoms with Gasteiger partial charge in [-0.3, -0.25) is 0 Å². The van der Waals surface area contributed by atoms with E-state index in [0.717, 1.165) is 19.6 Å². The molecule has 16 heavy (non-hydrogen) atoms. The van der Waals surface area contributed by atoms with Crippen LogP contribution >= 0.6 is 0 Å². The van der Waals surface area contributed by atoms with Gasteiger partial charge in [-0.1, -0.05) is 30.3 Å². The quantitative estimate of drug-likeness (QED) is 0.783. The Kier molecular flexibility index (Phi) is 3.93. The maximum atomic E-state index is 9.43. The fourth-order valence-electron chi connectivity index (χ4n) is 2.59. The fraction of sp³-hybridized carbons (Fsp3) is 0.538. The van der Waals surface area contributed by atoms with Crippen LogP contribution < -0.4 is 5.73 Å². The summed E-state index contributed by atoms with van der Waals surface area (Å²) in [7, 11) is 0. The molecule has 1 aliphatic heterocycles. The summed E-state index contributed by atoms with van der Waals surface area (Å²) in [6, 6.07) is 10.5. The van der Waals surface area contributed by atoms with Crippen LogP contribution in [-0.4, -0.2) is 42.8 Å². The summed E-state index contributed by atoms with van der Waals surface area (Å²) >= 11 is 0. The van der Waals surface area contributed by atoms with Gasteiger partial charge in [-0.05, 0) is 5.56 Å². The van der Waals surface area contributed by atoms with E-state index in [9.17, 15) is 5.11 Å². The molecule has 1 heterocycles. The largest absolute Gasteiger partial charge is 0.396 e. The first-order valence-electron chi connectivity index (χ1n) is 5.93. The summed E-state index contributed by atoms with van der Waals surface area (Å²) in [5.41, 5.74) is 6.91. The molecule has 88 valence electrons. The first-order valence-corrected chi connectivity index (χ1v) is 5.93. The van der Waals surface area contributed by atoms with E-state index in [1.165, 1.54) is 5.56 Å². The van der Waals surface area contributed by atoms with E-state index in [1.807, 2.05) is 6.07 Å². The van der Waals surface area contributed by atoms with Gasteiger partial charge in [0.15, 0.2) is 0 Å². The molecule has 0 unspecified atom stereocenters. The van der Waals surface area contributed by atoms with Crippen LogP contribution in [0.5, 0.6) is 0 Å². The molecule has 0 spiro atoms. The number of aliphatic hydroxyl groups is 1. The molecular formula is C13H20N2O. The van der Waals surface area contributed by atoms with Crippen LogP contribution in [-0.2, 0) is 0 Å². The molecule has 3 nitrogen and oxygen atoms in total. The molecule has 1 aliphatic rings. The predicted octanol–water partition coefficient (Wildman–Crippen LogP) is 0.653. The van der Waals surface area contributed by atoms with Gasteiger partial charge in [-0.25, -0.2) is 0 Å². The average molecular weight is 220 g/mol. The Morgan fingerprint density at radius 2 is 2.00 bits per heavy atom. The maximum Gasteiger partial charge on any atom is 0.0477 e. The third-order valence-electron chi connectivity index (χ3n) is 3.42. The average Bonchev–Trinajstić information content (AvgIpc) is 2.74. The lowest BCUT2D eigenvalue weighted by Crippen LogP contribution is -2.27. The van der Waals surface area contributed by atoms with Crippen molar-refractivity contribution < 1.29 is 5.11 Å². The van der Waals surface area contributed by atoms with Crippen molar-refractivity contribution in [1.82, 2.24) is 4.90 Å². The number of rotatable bonds is 4. The minimum absolute atomic E-state index is 0.265. The third-order valence-corrected chi connectivity index (χ3v) is 3.42. The van der Waals surface area contributed by atoms with E-state index in [0.29, 0.717) is 18.4 Å². The highest BCUT2D eigenvalue weighted by Gasteiger charge is 2.32. The number of hydrogen-bond acceptors (Lipinski definition) is 3. The van der Waals surface area contributed by atoms with Crippen molar-refractivity contribution in [1.29, 1.82) is 0 Å². The molecule has 0 aromatic heterocycles. The molecule has 3 heteroatoms. The van der Waals surface area contributed by atoms with Crippen molar-refractivity contribution in [2.45, 2.75) is 5.92 Å². The lowest BCUT2D eigenvalue weighted by Gasteiger charge is -2.16. The zero-order valence-corrected chi connectivity index (χ0v) is 9.55. The molecular weight excluding hydrogens is 200 g/mol. The Hall–Kier alpha value is -0.900. The molecule has 1 aromatic rings. The molecule has 1 saturated heterocycles.